The Kier molecular flexibility index (Phi) is 3.56. The number of para-hydroxylation sites is 1. The summed E-state index contributed by atoms with van der Waals surface area (Å²) in [7, 11) is 0. The second-order valence-corrected chi connectivity index (χ2v) is 5.17. The number of aromatic nitrogens is 1. The van der Waals surface area contributed by atoms with Gasteiger partial charge in [-0.05, 0) is 30.5 Å². The predicted octanol–water partition coefficient (Wildman–Crippen LogP) is 2.78. The molecule has 0 saturated heterocycles. The molecule has 21 heavy (non-hydrogen) atoms. The molecule has 0 bridgehead atoms. The van der Waals surface area contributed by atoms with E-state index < -0.39 is 5.82 Å². The van der Waals surface area contributed by atoms with Crippen LogP contribution in [0.25, 0.3) is 0 Å². The van der Waals surface area contributed by atoms with Gasteiger partial charge < -0.3 is 9.88 Å². The fraction of sp³-hybridized carbons (Fsp3) is 0.250. The molecule has 0 saturated carbocycles. The highest BCUT2D eigenvalue weighted by molar-refractivity contribution is 5.98. The molecule has 5 heteroatoms. The number of aryl methyl sites for hydroxylation is 1. The largest absolute Gasteiger partial charge is 0.344 e. The normalized spacial score (nSPS) is 13.9. The average Bonchev–Trinajstić information content (AvgIpc) is 2.85. The van der Waals surface area contributed by atoms with Crippen LogP contribution in [0, 0.1) is 5.82 Å². The monoisotopic (exact) mass is 286 g/mol. The SMILES string of the molecule is O=C(Cn1cc2c(c1)C(=O)CCC2)Nc1ccccc1F. The van der Waals surface area contributed by atoms with Crippen LogP contribution < -0.4 is 5.32 Å². The maximum absolute atomic E-state index is 13.5. The Balaban J connectivity index is 1.71. The van der Waals surface area contributed by atoms with E-state index in [1.165, 1.54) is 12.1 Å². The van der Waals surface area contributed by atoms with Crippen molar-refractivity contribution in [3.63, 3.8) is 0 Å². The number of anilines is 1. The molecule has 1 aliphatic carbocycles. The van der Waals surface area contributed by atoms with Gasteiger partial charge in [-0.15, -0.1) is 0 Å². The number of hydrogen-bond donors (Lipinski definition) is 1. The van der Waals surface area contributed by atoms with Crippen LogP contribution in [0.1, 0.15) is 28.8 Å². The van der Waals surface area contributed by atoms with Crippen molar-refractivity contribution in [1.29, 1.82) is 0 Å². The summed E-state index contributed by atoms with van der Waals surface area (Å²) < 4.78 is 15.1. The number of halogens is 1. The van der Waals surface area contributed by atoms with E-state index >= 15 is 0 Å². The average molecular weight is 286 g/mol. The van der Waals surface area contributed by atoms with E-state index in [9.17, 15) is 14.0 Å². The van der Waals surface area contributed by atoms with Gasteiger partial charge >= 0.3 is 0 Å². The van der Waals surface area contributed by atoms with Crippen molar-refractivity contribution in [3.05, 3.63) is 53.6 Å². The van der Waals surface area contributed by atoms with E-state index in [1.54, 1.807) is 22.9 Å². The Morgan fingerprint density at radius 2 is 2.05 bits per heavy atom. The van der Waals surface area contributed by atoms with Crippen molar-refractivity contribution in [3.8, 4) is 0 Å². The van der Waals surface area contributed by atoms with Gasteiger partial charge in [0, 0.05) is 24.4 Å². The molecule has 1 N–H and O–H groups in total. The number of hydrogen-bond acceptors (Lipinski definition) is 2. The van der Waals surface area contributed by atoms with E-state index in [4.69, 9.17) is 0 Å². The zero-order valence-electron chi connectivity index (χ0n) is 11.4. The molecule has 0 spiro atoms. The second kappa shape index (κ2) is 5.52. The molecular weight excluding hydrogens is 271 g/mol. The minimum absolute atomic E-state index is 0.0641. The molecule has 3 rings (SSSR count). The van der Waals surface area contributed by atoms with Crippen molar-refractivity contribution in [2.75, 3.05) is 5.32 Å². The van der Waals surface area contributed by atoms with Crippen LogP contribution in [0.5, 0.6) is 0 Å². The van der Waals surface area contributed by atoms with E-state index in [-0.39, 0.29) is 23.9 Å². The summed E-state index contributed by atoms with van der Waals surface area (Å²) >= 11 is 0. The smallest absolute Gasteiger partial charge is 0.244 e. The molecule has 4 nitrogen and oxygen atoms in total. The molecular formula is C16H15FN2O2. The quantitative estimate of drug-likeness (QED) is 0.943. The van der Waals surface area contributed by atoms with Crippen LogP contribution in [-0.2, 0) is 17.8 Å². The van der Waals surface area contributed by atoms with Crippen LogP contribution in [0.2, 0.25) is 0 Å². The fourth-order valence-electron chi connectivity index (χ4n) is 2.59. The van der Waals surface area contributed by atoms with E-state index in [2.05, 4.69) is 5.32 Å². The highest BCUT2D eigenvalue weighted by atomic mass is 19.1. The van der Waals surface area contributed by atoms with E-state index in [0.717, 1.165) is 18.4 Å². The highest BCUT2D eigenvalue weighted by Crippen LogP contribution is 2.22. The maximum Gasteiger partial charge on any atom is 0.244 e. The van der Waals surface area contributed by atoms with Crippen molar-refractivity contribution in [2.24, 2.45) is 0 Å². The zero-order chi connectivity index (χ0) is 14.8. The zero-order valence-corrected chi connectivity index (χ0v) is 11.4. The van der Waals surface area contributed by atoms with Gasteiger partial charge in [0.2, 0.25) is 5.91 Å². The Morgan fingerprint density at radius 3 is 2.81 bits per heavy atom. The van der Waals surface area contributed by atoms with Gasteiger partial charge in [0.1, 0.15) is 12.4 Å². The third-order valence-electron chi connectivity index (χ3n) is 3.59. The highest BCUT2D eigenvalue weighted by Gasteiger charge is 2.19. The lowest BCUT2D eigenvalue weighted by Crippen LogP contribution is -2.18. The summed E-state index contributed by atoms with van der Waals surface area (Å²) in [6, 6.07) is 6.03. The van der Waals surface area contributed by atoms with Gasteiger partial charge in [-0.2, -0.15) is 0 Å². The molecule has 1 aromatic carbocycles. The molecule has 0 unspecified atom stereocenters. The molecule has 0 atom stereocenters. The van der Waals surface area contributed by atoms with Crippen molar-refractivity contribution in [1.82, 2.24) is 4.57 Å². The second-order valence-electron chi connectivity index (χ2n) is 5.17. The van der Waals surface area contributed by atoms with Crippen LogP contribution in [-0.4, -0.2) is 16.3 Å². The van der Waals surface area contributed by atoms with Gasteiger partial charge in [-0.1, -0.05) is 12.1 Å². The van der Waals surface area contributed by atoms with Crippen molar-refractivity contribution in [2.45, 2.75) is 25.8 Å². The molecule has 1 aromatic heterocycles. The van der Waals surface area contributed by atoms with Gasteiger partial charge in [-0.3, -0.25) is 9.59 Å². The summed E-state index contributed by atoms with van der Waals surface area (Å²) in [5, 5.41) is 2.53. The van der Waals surface area contributed by atoms with Crippen molar-refractivity contribution >= 4 is 17.4 Å². The lowest BCUT2D eigenvalue weighted by atomic mass is 9.95. The number of Topliss-reactive ketones (excluding diaryl/α,β-unsaturated/α-hetero) is 1. The number of carbonyl (C=O) groups is 2. The number of amides is 1. The first-order chi connectivity index (χ1) is 10.1. The van der Waals surface area contributed by atoms with Gasteiger partial charge in [0.25, 0.3) is 0 Å². The first-order valence-electron chi connectivity index (χ1n) is 6.90. The third-order valence-corrected chi connectivity index (χ3v) is 3.59. The fourth-order valence-corrected chi connectivity index (χ4v) is 2.59. The Hall–Kier alpha value is -2.43. The molecule has 2 aromatic rings. The molecule has 1 amide bonds. The summed E-state index contributed by atoms with van der Waals surface area (Å²) in [6.07, 6.45) is 5.82. The molecule has 0 aliphatic heterocycles. The Morgan fingerprint density at radius 1 is 1.24 bits per heavy atom. The van der Waals surface area contributed by atoms with E-state index in [0.29, 0.717) is 12.0 Å². The number of fused-ring (bicyclic) bond motifs is 1. The summed E-state index contributed by atoms with van der Waals surface area (Å²) in [4.78, 5) is 23.7. The van der Waals surface area contributed by atoms with Crippen LogP contribution >= 0.6 is 0 Å². The van der Waals surface area contributed by atoms with Crippen molar-refractivity contribution < 1.29 is 14.0 Å². The lowest BCUT2D eigenvalue weighted by Gasteiger charge is -2.07. The van der Waals surface area contributed by atoms with Gasteiger partial charge in [0.05, 0.1) is 5.69 Å². The number of nitrogens with one attached hydrogen (secondary N) is 1. The number of ketones is 1. The maximum atomic E-state index is 13.5. The lowest BCUT2D eigenvalue weighted by molar-refractivity contribution is -0.116. The van der Waals surface area contributed by atoms with E-state index in [1.807, 2.05) is 6.20 Å². The van der Waals surface area contributed by atoms with Gasteiger partial charge in [0.15, 0.2) is 5.78 Å². The Bertz CT molecular complexity index is 706. The molecule has 0 radical (unpaired) electrons. The molecule has 1 heterocycles. The summed E-state index contributed by atoms with van der Waals surface area (Å²) in [5.41, 5.74) is 1.86. The number of rotatable bonds is 3. The summed E-state index contributed by atoms with van der Waals surface area (Å²) in [5.74, 6) is -0.655. The minimum atomic E-state index is -0.465. The minimum Gasteiger partial charge on any atom is -0.344 e. The Labute approximate surface area is 121 Å². The van der Waals surface area contributed by atoms with Crippen LogP contribution in [0.4, 0.5) is 10.1 Å². The molecule has 108 valence electrons. The first kappa shape index (κ1) is 13.5. The third kappa shape index (κ3) is 2.86. The first-order valence-corrected chi connectivity index (χ1v) is 6.90. The molecule has 0 fully saturated rings. The standard InChI is InChI=1S/C16H15FN2O2/c17-13-5-1-2-6-14(13)18-16(21)10-19-8-11-4-3-7-15(20)12(11)9-19/h1-2,5-6,8-9H,3-4,7,10H2,(H,18,21). The number of nitrogens with zero attached hydrogens (tertiary/aromatic N) is 1. The predicted molar refractivity (Wildman–Crippen MR) is 76.7 cm³/mol. The topological polar surface area (TPSA) is 51.1 Å². The van der Waals surface area contributed by atoms with Gasteiger partial charge in [-0.25, -0.2) is 4.39 Å². The summed E-state index contributed by atoms with van der Waals surface area (Å²) in [6.45, 7) is 0.0641. The number of carbonyl (C=O) groups excluding carboxylic acids is 2. The van der Waals surface area contributed by atoms with Crippen LogP contribution in [0.15, 0.2) is 36.7 Å². The van der Waals surface area contributed by atoms with Crippen LogP contribution in [0.3, 0.4) is 0 Å². The number of benzene rings is 1. The molecule has 1 aliphatic rings.